The van der Waals surface area contributed by atoms with Gasteiger partial charge in [-0.3, -0.25) is 4.79 Å². The van der Waals surface area contributed by atoms with Gasteiger partial charge >= 0.3 is 5.97 Å². The van der Waals surface area contributed by atoms with Crippen LogP contribution in [0.25, 0.3) is 6.08 Å². The molecule has 0 heterocycles. The third kappa shape index (κ3) is 5.70. The van der Waals surface area contributed by atoms with E-state index in [9.17, 15) is 9.59 Å². The van der Waals surface area contributed by atoms with Crippen molar-refractivity contribution in [3.63, 3.8) is 0 Å². The van der Waals surface area contributed by atoms with Gasteiger partial charge in [0.1, 0.15) is 5.75 Å². The third-order valence-corrected chi connectivity index (χ3v) is 4.95. The molecule has 2 aromatic carbocycles. The summed E-state index contributed by atoms with van der Waals surface area (Å²) in [4.78, 5) is 24.6. The number of carbonyl (C=O) groups excluding carboxylic acids is 2. The number of carbonyl (C=O) groups is 2. The number of aryl methyl sites for hydroxylation is 1. The molecule has 1 amide bonds. The number of benzene rings is 2. The predicted octanol–water partition coefficient (Wildman–Crippen LogP) is 4.22. The summed E-state index contributed by atoms with van der Waals surface area (Å²) < 4.78 is 10.7. The van der Waals surface area contributed by atoms with E-state index in [0.717, 1.165) is 36.1 Å². The second-order valence-electron chi connectivity index (χ2n) is 7.07. The lowest BCUT2D eigenvalue weighted by Gasteiger charge is -2.27. The highest BCUT2D eigenvalue weighted by atomic mass is 16.5. The molecule has 0 fully saturated rings. The van der Waals surface area contributed by atoms with Crippen molar-refractivity contribution in [2.24, 2.45) is 0 Å². The first-order valence-electron chi connectivity index (χ1n) is 10.1. The molecule has 5 heteroatoms. The van der Waals surface area contributed by atoms with Crippen LogP contribution in [0.15, 0.2) is 54.6 Å². The van der Waals surface area contributed by atoms with Crippen molar-refractivity contribution >= 4 is 18.0 Å². The zero-order valence-corrected chi connectivity index (χ0v) is 16.9. The molecule has 0 aliphatic heterocycles. The van der Waals surface area contributed by atoms with Gasteiger partial charge in [0.15, 0.2) is 6.10 Å². The minimum absolute atomic E-state index is 0.0343. The van der Waals surface area contributed by atoms with Crippen molar-refractivity contribution in [1.82, 2.24) is 5.32 Å². The highest BCUT2D eigenvalue weighted by Gasteiger charge is 2.24. The predicted molar refractivity (Wildman–Crippen MR) is 112 cm³/mol. The smallest absolute Gasteiger partial charge is 0.331 e. The van der Waals surface area contributed by atoms with E-state index in [2.05, 4.69) is 17.4 Å². The van der Waals surface area contributed by atoms with E-state index in [1.54, 1.807) is 13.0 Å². The number of nitrogens with one attached hydrogen (secondary N) is 1. The highest BCUT2D eigenvalue weighted by molar-refractivity contribution is 5.90. The standard InChI is InChI=1S/C24H27NO4/c1-3-28-20-14-11-18(12-15-20)13-16-23(26)29-17(2)24(27)25-22-10-6-8-19-7-4-5-9-21(19)22/h4-5,7,9,11-17,22H,3,6,8,10H2,1-2H3,(H,25,27)/b16-13+/t17-,22-/m1/s1. The van der Waals surface area contributed by atoms with E-state index in [0.29, 0.717) is 6.61 Å². The van der Waals surface area contributed by atoms with E-state index in [-0.39, 0.29) is 11.9 Å². The molecule has 2 aromatic rings. The van der Waals surface area contributed by atoms with Crippen molar-refractivity contribution in [3.8, 4) is 5.75 Å². The van der Waals surface area contributed by atoms with Crippen LogP contribution in [0.3, 0.4) is 0 Å². The maximum absolute atomic E-state index is 12.5. The Morgan fingerprint density at radius 3 is 2.69 bits per heavy atom. The summed E-state index contributed by atoms with van der Waals surface area (Å²) in [6.45, 7) is 4.12. The number of hydrogen-bond acceptors (Lipinski definition) is 4. The second-order valence-corrected chi connectivity index (χ2v) is 7.07. The van der Waals surface area contributed by atoms with Gasteiger partial charge in [-0.1, -0.05) is 36.4 Å². The van der Waals surface area contributed by atoms with Crippen LogP contribution in [-0.2, 0) is 20.7 Å². The summed E-state index contributed by atoms with van der Waals surface area (Å²) in [6.07, 6.45) is 5.07. The van der Waals surface area contributed by atoms with E-state index < -0.39 is 12.1 Å². The molecule has 29 heavy (non-hydrogen) atoms. The Labute approximate surface area is 171 Å². The summed E-state index contributed by atoms with van der Waals surface area (Å²) in [5.74, 6) is -0.0538. The van der Waals surface area contributed by atoms with Gasteiger partial charge in [0, 0.05) is 6.08 Å². The Morgan fingerprint density at radius 1 is 1.17 bits per heavy atom. The van der Waals surface area contributed by atoms with E-state index >= 15 is 0 Å². The van der Waals surface area contributed by atoms with Crippen molar-refractivity contribution < 1.29 is 19.1 Å². The van der Waals surface area contributed by atoms with Crippen LogP contribution in [-0.4, -0.2) is 24.6 Å². The van der Waals surface area contributed by atoms with Crippen molar-refractivity contribution in [3.05, 3.63) is 71.3 Å². The maximum Gasteiger partial charge on any atom is 0.331 e. The number of fused-ring (bicyclic) bond motifs is 1. The average Bonchev–Trinajstić information content (AvgIpc) is 2.73. The monoisotopic (exact) mass is 393 g/mol. The summed E-state index contributed by atoms with van der Waals surface area (Å²) in [6, 6.07) is 15.5. The van der Waals surface area contributed by atoms with Gasteiger partial charge in [-0.05, 0) is 68.0 Å². The Morgan fingerprint density at radius 2 is 1.93 bits per heavy atom. The molecule has 0 bridgehead atoms. The second kappa shape index (κ2) is 9.92. The fourth-order valence-corrected chi connectivity index (χ4v) is 3.47. The van der Waals surface area contributed by atoms with Gasteiger partial charge in [-0.15, -0.1) is 0 Å². The molecule has 0 unspecified atom stereocenters. The highest BCUT2D eigenvalue weighted by Crippen LogP contribution is 2.29. The van der Waals surface area contributed by atoms with Gasteiger partial charge < -0.3 is 14.8 Å². The molecule has 0 aromatic heterocycles. The van der Waals surface area contributed by atoms with Crippen LogP contribution in [0, 0.1) is 0 Å². The van der Waals surface area contributed by atoms with Gasteiger partial charge in [0.25, 0.3) is 5.91 Å². The first-order valence-corrected chi connectivity index (χ1v) is 10.1. The van der Waals surface area contributed by atoms with Gasteiger partial charge in [0.2, 0.25) is 0 Å². The zero-order valence-electron chi connectivity index (χ0n) is 16.9. The quantitative estimate of drug-likeness (QED) is 0.565. The molecule has 1 aliphatic rings. The molecule has 152 valence electrons. The van der Waals surface area contributed by atoms with Crippen molar-refractivity contribution in [2.45, 2.75) is 45.3 Å². The fraction of sp³-hybridized carbons (Fsp3) is 0.333. The lowest BCUT2D eigenvalue weighted by molar-refractivity contribution is -0.150. The third-order valence-electron chi connectivity index (χ3n) is 4.95. The summed E-state index contributed by atoms with van der Waals surface area (Å²) in [7, 11) is 0. The molecule has 3 rings (SSSR count). The molecule has 5 nitrogen and oxygen atoms in total. The summed E-state index contributed by atoms with van der Waals surface area (Å²) in [5, 5.41) is 3.02. The van der Waals surface area contributed by atoms with Crippen molar-refractivity contribution in [2.75, 3.05) is 6.61 Å². The lowest BCUT2D eigenvalue weighted by atomic mass is 9.87. The molecule has 1 N–H and O–H groups in total. The Balaban J connectivity index is 1.52. The Kier molecular flexibility index (Phi) is 7.06. The molecule has 1 aliphatic carbocycles. The normalized spacial score (nSPS) is 16.7. The van der Waals surface area contributed by atoms with Crippen molar-refractivity contribution in [1.29, 1.82) is 0 Å². The minimum atomic E-state index is -0.860. The van der Waals surface area contributed by atoms with Gasteiger partial charge in [-0.2, -0.15) is 0 Å². The molecule has 0 spiro atoms. The molecule has 0 saturated carbocycles. The Bertz CT molecular complexity index is 873. The fourth-order valence-electron chi connectivity index (χ4n) is 3.47. The number of amides is 1. The first kappa shape index (κ1) is 20.6. The topological polar surface area (TPSA) is 64.6 Å². The van der Waals surface area contributed by atoms with E-state index in [4.69, 9.17) is 9.47 Å². The Hall–Kier alpha value is -3.08. The SMILES string of the molecule is CCOc1ccc(/C=C/C(=O)O[C@H](C)C(=O)N[C@@H]2CCCc3ccccc32)cc1. The largest absolute Gasteiger partial charge is 0.494 e. The lowest BCUT2D eigenvalue weighted by Crippen LogP contribution is -2.39. The van der Waals surface area contributed by atoms with E-state index in [1.807, 2.05) is 43.3 Å². The van der Waals surface area contributed by atoms with Crippen LogP contribution in [0.1, 0.15) is 49.4 Å². The zero-order chi connectivity index (χ0) is 20.6. The molecular formula is C24H27NO4. The summed E-state index contributed by atoms with van der Waals surface area (Å²) in [5.41, 5.74) is 3.27. The number of hydrogen-bond donors (Lipinski definition) is 1. The van der Waals surface area contributed by atoms with Crippen LogP contribution in [0.5, 0.6) is 5.75 Å². The average molecular weight is 393 g/mol. The summed E-state index contributed by atoms with van der Waals surface area (Å²) >= 11 is 0. The van der Waals surface area contributed by atoms with E-state index in [1.165, 1.54) is 11.6 Å². The molecule has 0 saturated heterocycles. The van der Waals surface area contributed by atoms with Crippen LogP contribution >= 0.6 is 0 Å². The first-order chi connectivity index (χ1) is 14.1. The minimum Gasteiger partial charge on any atom is -0.494 e. The number of ether oxygens (including phenoxy) is 2. The van der Waals surface area contributed by atoms with Crippen LogP contribution < -0.4 is 10.1 Å². The maximum atomic E-state index is 12.5. The number of esters is 1. The number of rotatable bonds is 7. The van der Waals surface area contributed by atoms with Gasteiger partial charge in [0.05, 0.1) is 12.6 Å². The molecule has 0 radical (unpaired) electrons. The molecule has 2 atom stereocenters. The molecular weight excluding hydrogens is 366 g/mol. The van der Waals surface area contributed by atoms with Crippen LogP contribution in [0.4, 0.5) is 0 Å². The van der Waals surface area contributed by atoms with Crippen LogP contribution in [0.2, 0.25) is 0 Å². The van der Waals surface area contributed by atoms with Gasteiger partial charge in [-0.25, -0.2) is 4.79 Å².